The maximum absolute atomic E-state index is 14.3. The molecule has 0 unspecified atom stereocenters. The molecule has 3 N–H and O–H groups in total. The van der Waals surface area contributed by atoms with E-state index in [4.69, 9.17) is 22.1 Å². The zero-order chi connectivity index (χ0) is 23.4. The van der Waals surface area contributed by atoms with Gasteiger partial charge in [-0.1, -0.05) is 11.6 Å². The highest BCUT2D eigenvalue weighted by Crippen LogP contribution is 2.43. The fraction of sp³-hybridized carbons (Fsp3) is 0.261. The molecule has 0 saturated carbocycles. The zero-order valence-electron chi connectivity index (χ0n) is 18.3. The molecule has 4 aromatic rings. The molecule has 1 aromatic carbocycles. The third-order valence-corrected chi connectivity index (χ3v) is 6.11. The molecular weight excluding hydrogens is 447 g/mol. The van der Waals surface area contributed by atoms with Crippen LogP contribution < -0.4 is 10.5 Å². The Hall–Kier alpha value is -3.43. The predicted octanol–water partition coefficient (Wildman–Crippen LogP) is 4.28. The first-order valence-corrected chi connectivity index (χ1v) is 10.9. The largest absolute Gasteiger partial charge is 0.482 e. The van der Waals surface area contributed by atoms with Crippen molar-refractivity contribution in [2.75, 3.05) is 5.73 Å². The summed E-state index contributed by atoms with van der Waals surface area (Å²) in [5, 5.41) is 20.8. The van der Waals surface area contributed by atoms with E-state index in [0.29, 0.717) is 51.5 Å². The van der Waals surface area contributed by atoms with E-state index in [1.807, 2.05) is 6.92 Å². The van der Waals surface area contributed by atoms with Crippen LogP contribution in [0.4, 0.5) is 10.2 Å². The van der Waals surface area contributed by atoms with Crippen molar-refractivity contribution in [1.29, 1.82) is 0 Å². The van der Waals surface area contributed by atoms with E-state index in [2.05, 4.69) is 15.2 Å². The Morgan fingerprint density at radius 1 is 1.24 bits per heavy atom. The van der Waals surface area contributed by atoms with Gasteiger partial charge in [0.05, 0.1) is 17.0 Å². The van der Waals surface area contributed by atoms with E-state index in [1.165, 1.54) is 12.1 Å². The summed E-state index contributed by atoms with van der Waals surface area (Å²) >= 11 is 6.54. The van der Waals surface area contributed by atoms with E-state index in [-0.39, 0.29) is 11.0 Å². The first kappa shape index (κ1) is 21.4. The van der Waals surface area contributed by atoms with Crippen molar-refractivity contribution in [1.82, 2.24) is 24.5 Å². The van der Waals surface area contributed by atoms with Crippen LogP contribution in [0.1, 0.15) is 42.7 Å². The molecule has 0 radical (unpaired) electrons. The average Bonchev–Trinajstić information content (AvgIpc) is 3.33. The molecule has 1 aliphatic rings. The van der Waals surface area contributed by atoms with Crippen molar-refractivity contribution in [3.8, 4) is 28.3 Å². The maximum atomic E-state index is 14.3. The lowest BCUT2D eigenvalue weighted by molar-refractivity contribution is 0.220. The molecule has 3 aromatic heterocycles. The summed E-state index contributed by atoms with van der Waals surface area (Å²) in [5.74, 6) is 0.107. The van der Waals surface area contributed by atoms with E-state index < -0.39 is 18.0 Å². The SMILES string of the molecule is CCn1nc(Cl)c2c1-c1cnc(N)c(c1)O[C@H](C)c1cc(F)ccc1-c1nn(C)cc1[C@H]2O. The van der Waals surface area contributed by atoms with Crippen molar-refractivity contribution >= 4 is 17.4 Å². The van der Waals surface area contributed by atoms with Crippen LogP contribution in [0.5, 0.6) is 5.75 Å². The van der Waals surface area contributed by atoms with Gasteiger partial charge in [-0.25, -0.2) is 9.37 Å². The minimum absolute atomic E-state index is 0.165. The first-order chi connectivity index (χ1) is 15.8. The minimum atomic E-state index is -1.15. The van der Waals surface area contributed by atoms with E-state index in [9.17, 15) is 9.50 Å². The third kappa shape index (κ3) is 3.44. The number of aryl methyl sites for hydroxylation is 2. The van der Waals surface area contributed by atoms with Crippen LogP contribution in [0, 0.1) is 5.82 Å². The van der Waals surface area contributed by atoms with Crippen LogP contribution in [0.25, 0.3) is 22.5 Å². The highest BCUT2D eigenvalue weighted by atomic mass is 35.5. The summed E-state index contributed by atoms with van der Waals surface area (Å²) in [5.41, 5.74) is 9.96. The molecule has 8 nitrogen and oxygen atoms in total. The Balaban J connectivity index is 1.88. The molecule has 0 saturated heterocycles. The second-order valence-electron chi connectivity index (χ2n) is 7.98. The molecule has 4 heterocycles. The molecular formula is C23H22ClFN6O2. The lowest BCUT2D eigenvalue weighted by Crippen LogP contribution is -2.11. The van der Waals surface area contributed by atoms with Crippen LogP contribution in [0.2, 0.25) is 5.15 Å². The lowest BCUT2D eigenvalue weighted by Gasteiger charge is -2.22. The molecule has 33 heavy (non-hydrogen) atoms. The third-order valence-electron chi connectivity index (χ3n) is 5.83. The Labute approximate surface area is 194 Å². The lowest BCUT2D eigenvalue weighted by atomic mass is 9.93. The number of anilines is 1. The van der Waals surface area contributed by atoms with Crippen molar-refractivity contribution in [3.63, 3.8) is 0 Å². The molecule has 170 valence electrons. The smallest absolute Gasteiger partial charge is 0.166 e. The first-order valence-electron chi connectivity index (χ1n) is 10.5. The van der Waals surface area contributed by atoms with Crippen LogP contribution in [0.3, 0.4) is 0 Å². The van der Waals surface area contributed by atoms with Gasteiger partial charge in [-0.15, -0.1) is 0 Å². The minimum Gasteiger partial charge on any atom is -0.482 e. The van der Waals surface area contributed by atoms with Gasteiger partial charge in [0.1, 0.15) is 18.0 Å². The molecule has 0 spiro atoms. The number of hydrogen-bond acceptors (Lipinski definition) is 6. The summed E-state index contributed by atoms with van der Waals surface area (Å²) in [6.45, 7) is 4.24. The highest BCUT2D eigenvalue weighted by Gasteiger charge is 2.31. The zero-order valence-corrected chi connectivity index (χ0v) is 19.0. The van der Waals surface area contributed by atoms with Gasteiger partial charge in [-0.2, -0.15) is 10.2 Å². The van der Waals surface area contributed by atoms with Gasteiger partial charge in [0.2, 0.25) is 0 Å². The fourth-order valence-corrected chi connectivity index (χ4v) is 4.60. The number of aromatic nitrogens is 5. The number of ether oxygens (including phenoxy) is 1. The number of rotatable bonds is 1. The van der Waals surface area contributed by atoms with Gasteiger partial charge < -0.3 is 15.6 Å². The van der Waals surface area contributed by atoms with Crippen LogP contribution in [0.15, 0.2) is 36.7 Å². The Morgan fingerprint density at radius 3 is 2.79 bits per heavy atom. The molecule has 1 aliphatic heterocycles. The molecule has 0 amide bonds. The second-order valence-corrected chi connectivity index (χ2v) is 8.34. The van der Waals surface area contributed by atoms with Gasteiger partial charge in [0.15, 0.2) is 16.7 Å². The van der Waals surface area contributed by atoms with Gasteiger partial charge in [-0.05, 0) is 38.1 Å². The second kappa shape index (κ2) is 7.86. The number of aliphatic hydroxyl groups excluding tert-OH is 1. The van der Waals surface area contributed by atoms with Gasteiger partial charge in [0.25, 0.3) is 0 Å². The standard InChI is InChI=1S/C23H22ClFN6O2/c1-4-31-20-12-7-17(23(26)27-9-12)33-11(2)15-8-13(25)5-6-14(15)19-16(10-30(3)28-19)21(32)18(20)22(24)29-31/h5-11,21,32H,4H2,1-3H3,(H2,26,27)/t11-,21-/m1/s1. The monoisotopic (exact) mass is 468 g/mol. The molecule has 0 aliphatic carbocycles. The van der Waals surface area contributed by atoms with Crippen molar-refractivity contribution in [3.05, 3.63) is 64.3 Å². The van der Waals surface area contributed by atoms with Gasteiger partial charge in [-0.3, -0.25) is 9.36 Å². The number of fused-ring (bicyclic) bond motifs is 7. The number of nitrogens with two attached hydrogens (primary N) is 1. The quantitative estimate of drug-likeness (QED) is 0.432. The van der Waals surface area contributed by atoms with Gasteiger partial charge >= 0.3 is 0 Å². The van der Waals surface area contributed by atoms with Crippen LogP contribution >= 0.6 is 11.6 Å². The topological polar surface area (TPSA) is 104 Å². The maximum Gasteiger partial charge on any atom is 0.166 e. The normalized spacial score (nSPS) is 17.3. The molecule has 5 rings (SSSR count). The molecule has 0 fully saturated rings. The number of nitrogen functional groups attached to an aromatic ring is 1. The summed E-state index contributed by atoms with van der Waals surface area (Å²) in [6, 6.07) is 6.12. The number of benzene rings is 1. The van der Waals surface area contributed by atoms with E-state index >= 15 is 0 Å². The molecule has 2 atom stereocenters. The number of aliphatic hydroxyl groups is 1. The number of hydrogen-bond donors (Lipinski definition) is 2. The van der Waals surface area contributed by atoms with Crippen molar-refractivity contribution < 1.29 is 14.2 Å². The summed E-state index contributed by atoms with van der Waals surface area (Å²) in [6.07, 6.45) is 1.58. The highest BCUT2D eigenvalue weighted by molar-refractivity contribution is 6.30. The summed E-state index contributed by atoms with van der Waals surface area (Å²) in [7, 11) is 1.76. The Morgan fingerprint density at radius 2 is 2.03 bits per heavy atom. The summed E-state index contributed by atoms with van der Waals surface area (Å²) in [4.78, 5) is 4.29. The predicted molar refractivity (Wildman–Crippen MR) is 122 cm³/mol. The van der Waals surface area contributed by atoms with Crippen LogP contribution in [-0.4, -0.2) is 29.7 Å². The summed E-state index contributed by atoms with van der Waals surface area (Å²) < 4.78 is 23.7. The van der Waals surface area contributed by atoms with Gasteiger partial charge in [0, 0.05) is 48.2 Å². The number of nitrogens with zero attached hydrogens (tertiary/aromatic N) is 5. The fourth-order valence-electron chi connectivity index (χ4n) is 4.31. The molecule has 10 heteroatoms. The Kier molecular flexibility index (Phi) is 5.10. The molecule has 2 bridgehead atoms. The van der Waals surface area contributed by atoms with E-state index in [1.54, 1.807) is 47.9 Å². The Bertz CT molecular complexity index is 1380. The number of pyridine rings is 1. The van der Waals surface area contributed by atoms with Crippen molar-refractivity contribution in [2.24, 2.45) is 7.05 Å². The van der Waals surface area contributed by atoms with E-state index in [0.717, 1.165) is 0 Å². The van der Waals surface area contributed by atoms with Crippen LogP contribution in [-0.2, 0) is 13.6 Å². The average molecular weight is 469 g/mol. The van der Waals surface area contributed by atoms with Crippen molar-refractivity contribution in [2.45, 2.75) is 32.6 Å². The number of halogens is 2.